The fourth-order valence-corrected chi connectivity index (χ4v) is 2.06. The first-order valence-corrected chi connectivity index (χ1v) is 6.64. The third-order valence-electron chi connectivity index (χ3n) is 2.53. The minimum Gasteiger partial charge on any atom is -0.466 e. The molecule has 0 spiro atoms. The van der Waals surface area contributed by atoms with Crippen LogP contribution in [0.15, 0.2) is 18.2 Å². The smallest absolute Gasteiger partial charge is 0.307 e. The number of benzene rings is 1. The molecule has 0 saturated heterocycles. The molecule has 18 heavy (non-hydrogen) atoms. The van der Waals surface area contributed by atoms with Crippen LogP contribution in [0.5, 0.6) is 0 Å². The molecule has 0 aliphatic heterocycles. The lowest BCUT2D eigenvalue weighted by Crippen LogP contribution is -2.23. The van der Waals surface area contributed by atoms with Gasteiger partial charge in [-0.15, -0.1) is 0 Å². The van der Waals surface area contributed by atoms with Crippen LogP contribution in [0.25, 0.3) is 0 Å². The summed E-state index contributed by atoms with van der Waals surface area (Å²) < 4.78 is 4.85. The van der Waals surface area contributed by atoms with Gasteiger partial charge >= 0.3 is 5.97 Å². The number of halogens is 2. The van der Waals surface area contributed by atoms with Gasteiger partial charge in [0.05, 0.1) is 23.1 Å². The van der Waals surface area contributed by atoms with E-state index in [0.717, 1.165) is 5.56 Å². The second-order valence-electron chi connectivity index (χ2n) is 3.87. The molecule has 0 heterocycles. The van der Waals surface area contributed by atoms with Crippen LogP contribution < -0.4 is 5.32 Å². The maximum absolute atomic E-state index is 11.2. The van der Waals surface area contributed by atoms with Crippen LogP contribution in [0, 0.1) is 0 Å². The first-order valence-electron chi connectivity index (χ1n) is 5.89. The number of carbonyl (C=O) groups excluding carboxylic acids is 1. The summed E-state index contributed by atoms with van der Waals surface area (Å²) in [5.41, 5.74) is 0.924. The summed E-state index contributed by atoms with van der Waals surface area (Å²) in [5.74, 6) is -0.200. The van der Waals surface area contributed by atoms with E-state index in [1.165, 1.54) is 0 Å². The summed E-state index contributed by atoms with van der Waals surface area (Å²) >= 11 is 12.1. The maximum Gasteiger partial charge on any atom is 0.307 e. The number of nitrogens with one attached hydrogen (secondary N) is 1. The molecule has 1 aromatic carbocycles. The van der Waals surface area contributed by atoms with Crippen LogP contribution in [-0.2, 0) is 9.53 Å². The lowest BCUT2D eigenvalue weighted by Gasteiger charge is -2.16. The third kappa shape index (κ3) is 4.48. The fraction of sp³-hybridized carbons (Fsp3) is 0.462. The van der Waals surface area contributed by atoms with Crippen LogP contribution in [0.3, 0.4) is 0 Å². The molecule has 0 amide bonds. The second-order valence-corrected chi connectivity index (χ2v) is 4.66. The quantitative estimate of drug-likeness (QED) is 0.814. The Morgan fingerprint density at radius 1 is 1.44 bits per heavy atom. The van der Waals surface area contributed by atoms with Crippen molar-refractivity contribution >= 4 is 29.2 Å². The molecule has 1 rings (SSSR count). The molecule has 0 radical (unpaired) electrons. The summed E-state index contributed by atoms with van der Waals surface area (Å²) in [6, 6.07) is 5.55. The lowest BCUT2D eigenvalue weighted by molar-refractivity contribution is -0.143. The summed E-state index contributed by atoms with van der Waals surface area (Å²) in [6.45, 7) is 4.72. The molecular weight excluding hydrogens is 273 g/mol. The summed E-state index contributed by atoms with van der Waals surface area (Å²) in [4.78, 5) is 11.2. The predicted molar refractivity (Wildman–Crippen MR) is 74.1 cm³/mol. The Kier molecular flexibility index (Phi) is 6.47. The first kappa shape index (κ1) is 15.3. The Labute approximate surface area is 117 Å². The van der Waals surface area contributed by atoms with Crippen molar-refractivity contribution in [1.82, 2.24) is 5.32 Å². The number of rotatable bonds is 6. The van der Waals surface area contributed by atoms with Gasteiger partial charge in [-0.3, -0.25) is 4.79 Å². The lowest BCUT2D eigenvalue weighted by atomic mass is 10.1. The van der Waals surface area contributed by atoms with Crippen LogP contribution in [0.1, 0.15) is 31.9 Å². The first-order chi connectivity index (χ1) is 8.56. The van der Waals surface area contributed by atoms with Crippen LogP contribution in [0.4, 0.5) is 0 Å². The number of ether oxygens (including phenoxy) is 1. The van der Waals surface area contributed by atoms with Gasteiger partial charge in [0.1, 0.15) is 0 Å². The SMILES string of the molecule is CCOC(=O)CCNC(C)c1cccc(Cl)c1Cl. The summed E-state index contributed by atoms with van der Waals surface area (Å²) in [6.07, 6.45) is 0.344. The van der Waals surface area contributed by atoms with Crippen molar-refractivity contribution in [2.45, 2.75) is 26.3 Å². The normalized spacial score (nSPS) is 12.2. The van der Waals surface area contributed by atoms with E-state index in [0.29, 0.717) is 29.6 Å². The maximum atomic E-state index is 11.2. The van der Waals surface area contributed by atoms with E-state index in [9.17, 15) is 4.79 Å². The molecule has 5 heteroatoms. The average molecular weight is 290 g/mol. The summed E-state index contributed by atoms with van der Waals surface area (Å²) in [5, 5.41) is 4.30. The molecule has 100 valence electrons. The minimum atomic E-state index is -0.200. The van der Waals surface area contributed by atoms with Crippen molar-refractivity contribution in [1.29, 1.82) is 0 Å². The van der Waals surface area contributed by atoms with Gasteiger partial charge in [0, 0.05) is 12.6 Å². The molecule has 0 saturated carbocycles. The highest BCUT2D eigenvalue weighted by molar-refractivity contribution is 6.42. The van der Waals surface area contributed by atoms with Gasteiger partial charge in [-0.1, -0.05) is 35.3 Å². The Bertz CT molecular complexity index is 410. The predicted octanol–water partition coefficient (Wildman–Crippen LogP) is 3.60. The van der Waals surface area contributed by atoms with Gasteiger partial charge in [-0.2, -0.15) is 0 Å². The highest BCUT2D eigenvalue weighted by Crippen LogP contribution is 2.29. The van der Waals surface area contributed by atoms with E-state index < -0.39 is 0 Å². The van der Waals surface area contributed by atoms with Crippen molar-refractivity contribution in [3.63, 3.8) is 0 Å². The van der Waals surface area contributed by atoms with Crippen molar-refractivity contribution < 1.29 is 9.53 Å². The molecule has 1 aromatic rings. The van der Waals surface area contributed by atoms with Crippen molar-refractivity contribution in [3.8, 4) is 0 Å². The minimum absolute atomic E-state index is 0.0330. The fourth-order valence-electron chi connectivity index (χ4n) is 1.59. The molecule has 0 fully saturated rings. The van der Waals surface area contributed by atoms with E-state index in [-0.39, 0.29) is 12.0 Å². The van der Waals surface area contributed by atoms with E-state index in [1.807, 2.05) is 19.1 Å². The van der Waals surface area contributed by atoms with Gasteiger partial charge in [-0.25, -0.2) is 0 Å². The van der Waals surface area contributed by atoms with Crippen LogP contribution in [-0.4, -0.2) is 19.1 Å². The standard InChI is InChI=1S/C13H17Cl2NO2/c1-3-18-12(17)7-8-16-9(2)10-5-4-6-11(14)13(10)15/h4-6,9,16H,3,7-8H2,1-2H3. The molecule has 0 aliphatic rings. The number of hydrogen-bond acceptors (Lipinski definition) is 3. The largest absolute Gasteiger partial charge is 0.466 e. The summed E-state index contributed by atoms with van der Waals surface area (Å²) in [7, 11) is 0. The van der Waals surface area contributed by atoms with Crippen molar-refractivity contribution in [2.24, 2.45) is 0 Å². The molecule has 3 nitrogen and oxygen atoms in total. The van der Waals surface area contributed by atoms with E-state index in [2.05, 4.69) is 5.32 Å². The second kappa shape index (κ2) is 7.62. The molecule has 1 unspecified atom stereocenters. The zero-order valence-electron chi connectivity index (χ0n) is 10.5. The average Bonchev–Trinajstić information content (AvgIpc) is 2.33. The Morgan fingerprint density at radius 3 is 2.83 bits per heavy atom. The zero-order chi connectivity index (χ0) is 13.5. The Balaban J connectivity index is 2.48. The highest BCUT2D eigenvalue weighted by Gasteiger charge is 2.11. The number of hydrogen-bond donors (Lipinski definition) is 1. The van der Waals surface area contributed by atoms with E-state index in [1.54, 1.807) is 13.0 Å². The topological polar surface area (TPSA) is 38.3 Å². The molecule has 0 aromatic heterocycles. The molecular formula is C13H17Cl2NO2. The number of carbonyl (C=O) groups is 1. The third-order valence-corrected chi connectivity index (χ3v) is 3.37. The van der Waals surface area contributed by atoms with Gasteiger partial charge < -0.3 is 10.1 Å². The Morgan fingerprint density at radius 2 is 2.17 bits per heavy atom. The molecule has 1 N–H and O–H groups in total. The molecule has 0 bridgehead atoms. The zero-order valence-corrected chi connectivity index (χ0v) is 12.0. The molecule has 1 atom stereocenters. The Hall–Kier alpha value is -0.770. The van der Waals surface area contributed by atoms with Crippen LogP contribution in [0.2, 0.25) is 10.0 Å². The highest BCUT2D eigenvalue weighted by atomic mass is 35.5. The number of esters is 1. The van der Waals surface area contributed by atoms with E-state index in [4.69, 9.17) is 27.9 Å². The monoisotopic (exact) mass is 289 g/mol. The van der Waals surface area contributed by atoms with Gasteiger partial charge in [0.2, 0.25) is 0 Å². The van der Waals surface area contributed by atoms with Gasteiger partial charge in [0.25, 0.3) is 0 Å². The van der Waals surface area contributed by atoms with Crippen molar-refractivity contribution in [3.05, 3.63) is 33.8 Å². The van der Waals surface area contributed by atoms with Gasteiger partial charge in [-0.05, 0) is 25.5 Å². The van der Waals surface area contributed by atoms with Crippen LogP contribution >= 0.6 is 23.2 Å². The van der Waals surface area contributed by atoms with E-state index >= 15 is 0 Å². The molecule has 0 aliphatic carbocycles. The van der Waals surface area contributed by atoms with Gasteiger partial charge in [0.15, 0.2) is 0 Å². The van der Waals surface area contributed by atoms with Crippen molar-refractivity contribution in [2.75, 3.05) is 13.2 Å².